The number of anilines is 1. The summed E-state index contributed by atoms with van der Waals surface area (Å²) in [5, 5.41) is 6.76. The van der Waals surface area contributed by atoms with Crippen LogP contribution >= 0.6 is 11.5 Å². The maximum Gasteiger partial charge on any atom is 0.410 e. The molecule has 0 saturated carbocycles. The Morgan fingerprint density at radius 3 is 2.78 bits per heavy atom. The van der Waals surface area contributed by atoms with Gasteiger partial charge in [0.25, 0.3) is 0 Å². The molecule has 1 unspecified atom stereocenters. The number of carbonyl (C=O) groups excluding carboxylic acids is 1. The van der Waals surface area contributed by atoms with E-state index in [1.54, 1.807) is 0 Å². The molecule has 1 N–H and O–H groups in total. The van der Waals surface area contributed by atoms with E-state index in [0.29, 0.717) is 19.8 Å². The molecule has 1 amide bonds. The van der Waals surface area contributed by atoms with E-state index in [9.17, 15) is 4.79 Å². The average molecular weight is 530 g/mol. The van der Waals surface area contributed by atoms with E-state index >= 15 is 0 Å². The summed E-state index contributed by atoms with van der Waals surface area (Å²) in [6.07, 6.45) is 5.57. The number of ether oxygens (including phenoxy) is 2. The molecule has 1 atom stereocenters. The van der Waals surface area contributed by atoms with Crippen molar-refractivity contribution in [3.05, 3.63) is 29.9 Å². The molecule has 1 aliphatic heterocycles. The van der Waals surface area contributed by atoms with Crippen LogP contribution in [0.15, 0.2) is 29.9 Å². The molecule has 1 aliphatic rings. The maximum absolute atomic E-state index is 12.7. The van der Waals surface area contributed by atoms with E-state index in [1.807, 2.05) is 49.5 Å². The monoisotopic (exact) mass is 529 g/mol. The average Bonchev–Trinajstić information content (AvgIpc) is 3.46. The van der Waals surface area contributed by atoms with E-state index < -0.39 is 13.7 Å². The number of nitrogens with zero attached hydrogens (tertiary/aromatic N) is 4. The minimum Gasteiger partial charge on any atom is -0.444 e. The molecule has 4 heterocycles. The predicted molar refractivity (Wildman–Crippen MR) is 149 cm³/mol. The number of fused-ring (bicyclic) bond motifs is 1. The van der Waals surface area contributed by atoms with Crippen molar-refractivity contribution in [1.29, 1.82) is 0 Å². The lowest BCUT2D eigenvalue weighted by Crippen LogP contribution is -2.47. The van der Waals surface area contributed by atoms with Crippen molar-refractivity contribution in [2.24, 2.45) is 0 Å². The molecule has 36 heavy (non-hydrogen) atoms. The number of nitrogens with one attached hydrogen (secondary N) is 1. The number of piperidine rings is 1. The van der Waals surface area contributed by atoms with Gasteiger partial charge in [-0.3, -0.25) is 0 Å². The summed E-state index contributed by atoms with van der Waals surface area (Å²) < 4.78 is 18.3. The van der Waals surface area contributed by atoms with E-state index in [1.165, 1.54) is 11.5 Å². The molecule has 0 aromatic carbocycles. The fraction of sp³-hybridized carbons (Fsp3) is 0.577. The van der Waals surface area contributed by atoms with Gasteiger partial charge in [-0.15, -0.1) is 0 Å². The molecule has 10 heteroatoms. The van der Waals surface area contributed by atoms with Crippen molar-refractivity contribution in [1.82, 2.24) is 18.8 Å². The number of pyridine rings is 1. The molecule has 3 aromatic rings. The zero-order valence-electron chi connectivity index (χ0n) is 22.3. The summed E-state index contributed by atoms with van der Waals surface area (Å²) >= 11 is 1.43. The Hall–Kier alpha value is -2.43. The normalized spacial score (nSPS) is 16.9. The van der Waals surface area contributed by atoms with E-state index in [-0.39, 0.29) is 12.1 Å². The van der Waals surface area contributed by atoms with Crippen LogP contribution in [0.5, 0.6) is 0 Å². The van der Waals surface area contributed by atoms with Crippen LogP contribution in [-0.4, -0.2) is 64.3 Å². The van der Waals surface area contributed by atoms with Crippen molar-refractivity contribution < 1.29 is 14.3 Å². The minimum absolute atomic E-state index is 0.102. The van der Waals surface area contributed by atoms with Gasteiger partial charge in [0.2, 0.25) is 0 Å². The number of likely N-dealkylation sites (tertiary alicyclic amines) is 1. The van der Waals surface area contributed by atoms with Gasteiger partial charge in [-0.1, -0.05) is 19.6 Å². The minimum atomic E-state index is -1.14. The Labute approximate surface area is 219 Å². The van der Waals surface area contributed by atoms with Crippen LogP contribution in [0.2, 0.25) is 25.7 Å². The first kappa shape index (κ1) is 26.6. The van der Waals surface area contributed by atoms with Gasteiger partial charge in [0, 0.05) is 62.5 Å². The largest absolute Gasteiger partial charge is 0.444 e. The number of hydrogen-bond donors (Lipinski definition) is 1. The number of amides is 1. The second-order valence-electron chi connectivity index (χ2n) is 11.7. The maximum atomic E-state index is 12.7. The van der Waals surface area contributed by atoms with E-state index in [2.05, 4.69) is 40.0 Å². The number of aromatic nitrogens is 3. The molecular weight excluding hydrogens is 490 g/mol. The lowest BCUT2D eigenvalue weighted by molar-refractivity contribution is 0.0206. The summed E-state index contributed by atoms with van der Waals surface area (Å²) in [5.74, 6) is 0. The summed E-state index contributed by atoms with van der Waals surface area (Å²) in [5.41, 5.74) is 3.24. The number of rotatable bonds is 8. The van der Waals surface area contributed by atoms with Crippen molar-refractivity contribution >= 4 is 42.4 Å². The third-order valence-electron chi connectivity index (χ3n) is 6.15. The summed E-state index contributed by atoms with van der Waals surface area (Å²) in [4.78, 5) is 19.3. The highest BCUT2D eigenvalue weighted by atomic mass is 32.1. The van der Waals surface area contributed by atoms with Crippen molar-refractivity contribution in [3.8, 4) is 11.3 Å². The SMILES string of the molecule is CC(C)(C)OC(=O)N1CCCC(Nc2c(-c3ccsn3)cnc3c2ccn3COCC[Si](C)(C)C)C1. The first-order valence-corrected chi connectivity index (χ1v) is 17.3. The van der Waals surface area contributed by atoms with E-state index in [0.717, 1.165) is 53.5 Å². The Bertz CT molecular complexity index is 1170. The van der Waals surface area contributed by atoms with Crippen LogP contribution in [0, 0.1) is 0 Å². The molecule has 0 bridgehead atoms. The smallest absolute Gasteiger partial charge is 0.410 e. The Balaban J connectivity index is 1.56. The van der Waals surface area contributed by atoms with Crippen molar-refractivity contribution in [2.75, 3.05) is 25.0 Å². The third-order valence-corrected chi connectivity index (χ3v) is 8.41. The Morgan fingerprint density at radius 1 is 1.28 bits per heavy atom. The predicted octanol–water partition coefficient (Wildman–Crippen LogP) is 6.28. The molecule has 1 fully saturated rings. The van der Waals surface area contributed by atoms with Crippen molar-refractivity contribution in [3.63, 3.8) is 0 Å². The quantitative estimate of drug-likeness (QED) is 0.273. The van der Waals surface area contributed by atoms with Gasteiger partial charge < -0.3 is 24.3 Å². The Kier molecular flexibility index (Phi) is 8.06. The first-order chi connectivity index (χ1) is 17.0. The van der Waals surface area contributed by atoms with Crippen LogP contribution in [0.25, 0.3) is 22.3 Å². The van der Waals surface area contributed by atoms with Crippen LogP contribution in [-0.2, 0) is 16.2 Å². The van der Waals surface area contributed by atoms with Crippen LogP contribution in [0.1, 0.15) is 33.6 Å². The molecule has 0 spiro atoms. The summed E-state index contributed by atoms with van der Waals surface area (Å²) in [6.45, 7) is 15.3. The van der Waals surface area contributed by atoms with Crippen LogP contribution in [0.3, 0.4) is 0 Å². The highest BCUT2D eigenvalue weighted by molar-refractivity contribution is 7.03. The van der Waals surface area contributed by atoms with Gasteiger partial charge in [0.1, 0.15) is 18.0 Å². The summed E-state index contributed by atoms with van der Waals surface area (Å²) in [6, 6.07) is 5.35. The third kappa shape index (κ3) is 6.86. The van der Waals surface area contributed by atoms with Gasteiger partial charge in [0.05, 0.1) is 11.4 Å². The molecule has 1 saturated heterocycles. The van der Waals surface area contributed by atoms with Crippen LogP contribution in [0.4, 0.5) is 10.5 Å². The van der Waals surface area contributed by atoms with Gasteiger partial charge in [-0.05, 0) is 63.3 Å². The summed E-state index contributed by atoms with van der Waals surface area (Å²) in [7, 11) is -1.14. The van der Waals surface area contributed by atoms with Crippen molar-refractivity contribution in [2.45, 2.75) is 77.7 Å². The topological polar surface area (TPSA) is 81.5 Å². The fourth-order valence-corrected chi connectivity index (χ4v) is 5.56. The van der Waals surface area contributed by atoms with Crippen LogP contribution < -0.4 is 5.32 Å². The molecule has 4 rings (SSSR count). The molecule has 8 nitrogen and oxygen atoms in total. The van der Waals surface area contributed by atoms with Gasteiger partial charge in [0.15, 0.2) is 0 Å². The molecule has 196 valence electrons. The second kappa shape index (κ2) is 10.9. The zero-order valence-corrected chi connectivity index (χ0v) is 24.2. The molecule has 0 aliphatic carbocycles. The van der Waals surface area contributed by atoms with Gasteiger partial charge >= 0.3 is 6.09 Å². The lowest BCUT2D eigenvalue weighted by Gasteiger charge is -2.35. The Morgan fingerprint density at radius 2 is 2.08 bits per heavy atom. The molecule has 3 aromatic heterocycles. The van der Waals surface area contributed by atoms with Gasteiger partial charge in [-0.2, -0.15) is 4.37 Å². The zero-order chi connectivity index (χ0) is 25.9. The first-order valence-electron chi connectivity index (χ1n) is 12.7. The molecule has 0 radical (unpaired) electrons. The highest BCUT2D eigenvalue weighted by Crippen LogP contribution is 2.35. The molecular formula is C26H39N5O3SSi. The standard InChI is InChI=1S/C26H39N5O3SSi/c1-26(2,3)34-25(32)30-11-7-8-19(17-30)28-23-20-9-12-31(18-33-13-15-36(4,5)6)24(20)27-16-21(23)22-10-14-35-29-22/h9-10,12,14,16,19H,7-8,11,13,15,17-18H2,1-6H3,(H,27,28). The lowest BCUT2D eigenvalue weighted by atomic mass is 10.0. The second-order valence-corrected chi connectivity index (χ2v) is 18.0. The van der Waals surface area contributed by atoms with Gasteiger partial charge in [-0.25, -0.2) is 9.78 Å². The van der Waals surface area contributed by atoms with E-state index in [4.69, 9.17) is 14.5 Å². The number of hydrogen-bond acceptors (Lipinski definition) is 7. The highest BCUT2D eigenvalue weighted by Gasteiger charge is 2.29. The fourth-order valence-electron chi connectivity index (χ4n) is 4.28. The number of carbonyl (C=O) groups is 1.